The van der Waals surface area contributed by atoms with Gasteiger partial charge in [0.25, 0.3) is 0 Å². The second-order valence-corrected chi connectivity index (χ2v) is 8.34. The Bertz CT molecular complexity index is 671. The van der Waals surface area contributed by atoms with E-state index in [1.165, 1.54) is 54.5 Å². The van der Waals surface area contributed by atoms with Crippen LogP contribution in [-0.2, 0) is 6.42 Å². The Morgan fingerprint density at radius 3 is 2.59 bits per heavy atom. The number of nitrogens with one attached hydrogen (secondary N) is 1. The minimum Gasteiger partial charge on any atom is -0.350 e. The second-order valence-electron chi connectivity index (χ2n) is 8.02. The normalized spacial score (nSPS) is 19.6. The third kappa shape index (κ3) is 5.52. The van der Waals surface area contributed by atoms with Crippen molar-refractivity contribution in [2.45, 2.75) is 51.9 Å². The minimum atomic E-state index is 0.592. The summed E-state index contributed by atoms with van der Waals surface area (Å²) in [7, 11) is 0. The van der Waals surface area contributed by atoms with E-state index in [0.29, 0.717) is 5.92 Å². The van der Waals surface area contributed by atoms with E-state index in [1.54, 1.807) is 0 Å². The summed E-state index contributed by atoms with van der Waals surface area (Å²) in [5.74, 6) is 1.40. The molecule has 1 heterocycles. The summed E-state index contributed by atoms with van der Waals surface area (Å²) in [5.41, 5.74) is 5.38. The third-order valence-electron chi connectivity index (χ3n) is 6.19. The Hall–Kier alpha value is -1.45. The van der Waals surface area contributed by atoms with Gasteiger partial charge in [0.2, 0.25) is 0 Å². The van der Waals surface area contributed by atoms with E-state index in [9.17, 15) is 0 Å². The maximum atomic E-state index is 4.40. The number of aryl methyl sites for hydroxylation is 1. The summed E-state index contributed by atoms with van der Waals surface area (Å²) in [6.45, 7) is 8.63. The summed E-state index contributed by atoms with van der Waals surface area (Å²) in [6, 6.07) is 10.7. The van der Waals surface area contributed by atoms with Crippen LogP contribution in [0.15, 0.2) is 66.0 Å². The SMILES string of the molecule is C=C1C=C(C(C)C2CCCCC2)N(CCNS)C=C1CCc1ccccc1. The topological polar surface area (TPSA) is 15.3 Å². The summed E-state index contributed by atoms with van der Waals surface area (Å²) < 4.78 is 3.01. The van der Waals surface area contributed by atoms with Gasteiger partial charge in [-0.1, -0.05) is 75.9 Å². The highest BCUT2D eigenvalue weighted by Crippen LogP contribution is 2.38. The molecule has 1 aromatic carbocycles. The van der Waals surface area contributed by atoms with Crippen LogP contribution in [0.1, 0.15) is 51.0 Å². The standard InChI is InChI=1S/C24H34N2S/c1-19-17-24(20(2)22-11-7-4-8-12-22)26(16-15-25-27)18-23(19)14-13-21-9-5-3-6-10-21/h3,5-6,9-10,17-18,20,22,25,27H,1,4,7-8,11-16H2,2H3. The highest BCUT2D eigenvalue weighted by molar-refractivity contribution is 7.78. The molecule has 1 aliphatic carbocycles. The Balaban J connectivity index is 1.72. The van der Waals surface area contributed by atoms with Crippen LogP contribution in [0.5, 0.6) is 0 Å². The molecule has 2 aliphatic rings. The lowest BCUT2D eigenvalue weighted by molar-refractivity contribution is 0.254. The van der Waals surface area contributed by atoms with Gasteiger partial charge in [0.05, 0.1) is 0 Å². The number of hydrogen-bond acceptors (Lipinski definition) is 3. The van der Waals surface area contributed by atoms with Crippen LogP contribution < -0.4 is 4.72 Å². The molecule has 3 rings (SSSR count). The van der Waals surface area contributed by atoms with Crippen molar-refractivity contribution < 1.29 is 0 Å². The van der Waals surface area contributed by atoms with Crippen LogP contribution in [0.4, 0.5) is 0 Å². The summed E-state index contributed by atoms with van der Waals surface area (Å²) >= 11 is 4.20. The molecule has 1 atom stereocenters. The van der Waals surface area contributed by atoms with Gasteiger partial charge in [-0.25, -0.2) is 0 Å². The van der Waals surface area contributed by atoms with E-state index in [-0.39, 0.29) is 0 Å². The number of nitrogens with zero attached hydrogens (tertiary/aromatic N) is 1. The van der Waals surface area contributed by atoms with Crippen molar-refractivity contribution in [1.29, 1.82) is 0 Å². The second kappa shape index (κ2) is 10.2. The van der Waals surface area contributed by atoms with Gasteiger partial charge >= 0.3 is 0 Å². The Labute approximate surface area is 171 Å². The zero-order chi connectivity index (χ0) is 19.1. The maximum absolute atomic E-state index is 4.40. The molecule has 3 heteroatoms. The fourth-order valence-corrected chi connectivity index (χ4v) is 4.58. The lowest BCUT2D eigenvalue weighted by atomic mass is 9.78. The van der Waals surface area contributed by atoms with Crippen molar-refractivity contribution in [1.82, 2.24) is 9.62 Å². The van der Waals surface area contributed by atoms with Crippen LogP contribution >= 0.6 is 12.8 Å². The smallest absolute Gasteiger partial charge is 0.0356 e. The predicted octanol–water partition coefficient (Wildman–Crippen LogP) is 5.91. The van der Waals surface area contributed by atoms with Gasteiger partial charge in [0, 0.05) is 25.0 Å². The molecule has 1 aliphatic heterocycles. The summed E-state index contributed by atoms with van der Waals surface area (Å²) in [6.07, 6.45) is 13.7. The van der Waals surface area contributed by atoms with Crippen molar-refractivity contribution in [3.63, 3.8) is 0 Å². The maximum Gasteiger partial charge on any atom is 0.0356 e. The molecule has 1 unspecified atom stereocenters. The van der Waals surface area contributed by atoms with E-state index in [4.69, 9.17) is 0 Å². The first kappa shape index (κ1) is 20.3. The highest BCUT2D eigenvalue weighted by atomic mass is 32.1. The van der Waals surface area contributed by atoms with E-state index in [2.05, 4.69) is 78.5 Å². The van der Waals surface area contributed by atoms with Gasteiger partial charge in [-0.05, 0) is 60.3 Å². The molecule has 1 fully saturated rings. The number of benzene rings is 1. The number of allylic oxidation sites excluding steroid dienone is 4. The van der Waals surface area contributed by atoms with Crippen molar-refractivity contribution in [3.05, 3.63) is 71.6 Å². The monoisotopic (exact) mass is 382 g/mol. The first-order valence-electron chi connectivity index (χ1n) is 10.5. The van der Waals surface area contributed by atoms with Gasteiger partial charge in [-0.2, -0.15) is 0 Å². The largest absolute Gasteiger partial charge is 0.350 e. The molecule has 0 radical (unpaired) electrons. The molecule has 0 bridgehead atoms. The number of thiol groups is 1. The molecule has 2 nitrogen and oxygen atoms in total. The fraction of sp³-hybridized carbons (Fsp3) is 0.500. The molecule has 0 saturated heterocycles. The molecule has 1 N–H and O–H groups in total. The average molecular weight is 383 g/mol. The lowest BCUT2D eigenvalue weighted by Crippen LogP contribution is -2.32. The van der Waals surface area contributed by atoms with E-state index >= 15 is 0 Å². The third-order valence-corrected chi connectivity index (χ3v) is 6.42. The molecular formula is C24H34N2S. The van der Waals surface area contributed by atoms with E-state index < -0.39 is 0 Å². The Morgan fingerprint density at radius 1 is 1.15 bits per heavy atom. The van der Waals surface area contributed by atoms with Crippen LogP contribution in [-0.4, -0.2) is 18.0 Å². The predicted molar refractivity (Wildman–Crippen MR) is 120 cm³/mol. The van der Waals surface area contributed by atoms with Crippen molar-refractivity contribution in [2.75, 3.05) is 13.1 Å². The zero-order valence-corrected chi connectivity index (χ0v) is 17.6. The molecule has 27 heavy (non-hydrogen) atoms. The number of hydrogen-bond donors (Lipinski definition) is 2. The first-order chi connectivity index (χ1) is 13.2. The quantitative estimate of drug-likeness (QED) is 0.543. The van der Waals surface area contributed by atoms with Crippen LogP contribution in [0.25, 0.3) is 0 Å². The molecular weight excluding hydrogens is 348 g/mol. The molecule has 1 saturated carbocycles. The highest BCUT2D eigenvalue weighted by Gasteiger charge is 2.27. The van der Waals surface area contributed by atoms with Crippen molar-refractivity contribution >= 4 is 12.8 Å². The molecule has 0 amide bonds. The fourth-order valence-electron chi connectivity index (χ4n) is 4.48. The molecule has 1 aromatic rings. The zero-order valence-electron chi connectivity index (χ0n) is 16.7. The Kier molecular flexibility index (Phi) is 7.66. The van der Waals surface area contributed by atoms with Gasteiger partial charge < -0.3 is 4.90 Å². The summed E-state index contributed by atoms with van der Waals surface area (Å²) in [5, 5.41) is 0. The summed E-state index contributed by atoms with van der Waals surface area (Å²) in [4.78, 5) is 2.46. The van der Waals surface area contributed by atoms with E-state index in [1.807, 2.05) is 0 Å². The van der Waals surface area contributed by atoms with Crippen LogP contribution in [0.3, 0.4) is 0 Å². The van der Waals surface area contributed by atoms with E-state index in [0.717, 1.165) is 31.8 Å². The van der Waals surface area contributed by atoms with Crippen molar-refractivity contribution in [2.24, 2.45) is 11.8 Å². The number of rotatable bonds is 8. The molecule has 0 aromatic heterocycles. The molecule has 146 valence electrons. The van der Waals surface area contributed by atoms with Gasteiger partial charge in [-0.15, -0.1) is 0 Å². The van der Waals surface area contributed by atoms with Crippen molar-refractivity contribution in [3.8, 4) is 0 Å². The van der Waals surface area contributed by atoms with Gasteiger partial charge in [0.15, 0.2) is 0 Å². The van der Waals surface area contributed by atoms with Crippen LogP contribution in [0.2, 0.25) is 0 Å². The molecule has 0 spiro atoms. The van der Waals surface area contributed by atoms with Crippen LogP contribution in [0, 0.1) is 11.8 Å². The van der Waals surface area contributed by atoms with Gasteiger partial charge in [-0.3, -0.25) is 4.72 Å². The average Bonchev–Trinajstić information content (AvgIpc) is 2.72. The first-order valence-corrected chi connectivity index (χ1v) is 10.9. The Morgan fingerprint density at radius 2 is 1.89 bits per heavy atom. The lowest BCUT2D eigenvalue weighted by Gasteiger charge is -2.37. The van der Waals surface area contributed by atoms with Gasteiger partial charge in [0.1, 0.15) is 0 Å². The minimum absolute atomic E-state index is 0.592.